The zero-order chi connectivity index (χ0) is 9.19. The maximum Gasteiger partial charge on any atom is 0.123 e. The second-order valence-corrected chi connectivity index (χ2v) is 3.02. The third kappa shape index (κ3) is 1.72. The highest BCUT2D eigenvalue weighted by atomic mass is 16.3. The average Bonchev–Trinajstić information content (AvgIpc) is 2.05. The number of aromatic nitrogens is 1. The van der Waals surface area contributed by atoms with Crippen molar-refractivity contribution in [1.82, 2.24) is 4.98 Å². The lowest BCUT2D eigenvalue weighted by molar-refractivity contribution is 0.207. The number of aliphatic hydroxyl groups is 1. The van der Waals surface area contributed by atoms with Crippen LogP contribution in [-0.4, -0.2) is 16.7 Å². The molecule has 0 aliphatic rings. The molecule has 1 heterocycles. The predicted octanol–water partition coefficient (Wildman–Crippen LogP) is -0.170. The van der Waals surface area contributed by atoms with Crippen LogP contribution in [0.15, 0.2) is 18.2 Å². The van der Waals surface area contributed by atoms with E-state index in [-0.39, 0.29) is 6.61 Å². The molecule has 1 aromatic rings. The molecule has 0 aliphatic carbocycles. The van der Waals surface area contributed by atoms with Gasteiger partial charge in [0.15, 0.2) is 0 Å². The highest BCUT2D eigenvalue weighted by Gasteiger charge is 2.21. The van der Waals surface area contributed by atoms with Crippen LogP contribution in [0, 0.1) is 0 Å². The number of anilines is 1. The number of hydrogen-bond donors (Lipinski definition) is 3. The molecule has 1 aromatic heterocycles. The van der Waals surface area contributed by atoms with Crippen molar-refractivity contribution in [3.05, 3.63) is 23.9 Å². The second kappa shape index (κ2) is 3.08. The van der Waals surface area contributed by atoms with E-state index in [0.717, 1.165) is 0 Å². The summed E-state index contributed by atoms with van der Waals surface area (Å²) in [7, 11) is 0. The van der Waals surface area contributed by atoms with Gasteiger partial charge in [-0.2, -0.15) is 0 Å². The summed E-state index contributed by atoms with van der Waals surface area (Å²) < 4.78 is 0. The fourth-order valence-corrected chi connectivity index (χ4v) is 0.851. The molecule has 0 radical (unpaired) electrons. The van der Waals surface area contributed by atoms with Crippen molar-refractivity contribution < 1.29 is 5.11 Å². The van der Waals surface area contributed by atoms with Gasteiger partial charge in [-0.05, 0) is 19.1 Å². The normalized spacial score (nSPS) is 15.6. The minimum Gasteiger partial charge on any atom is -0.394 e. The zero-order valence-electron chi connectivity index (χ0n) is 6.99. The summed E-state index contributed by atoms with van der Waals surface area (Å²) in [6, 6.07) is 5.18. The molecular weight excluding hydrogens is 154 g/mol. The van der Waals surface area contributed by atoms with Crippen LogP contribution in [-0.2, 0) is 5.54 Å². The van der Waals surface area contributed by atoms with E-state index in [4.69, 9.17) is 16.6 Å². The minimum absolute atomic E-state index is 0.149. The number of hydrogen-bond acceptors (Lipinski definition) is 4. The van der Waals surface area contributed by atoms with Gasteiger partial charge in [0.05, 0.1) is 17.8 Å². The first-order chi connectivity index (χ1) is 5.56. The van der Waals surface area contributed by atoms with Gasteiger partial charge in [-0.15, -0.1) is 0 Å². The fraction of sp³-hybridized carbons (Fsp3) is 0.375. The van der Waals surface area contributed by atoms with E-state index in [2.05, 4.69) is 4.98 Å². The van der Waals surface area contributed by atoms with Crippen LogP contribution in [0.2, 0.25) is 0 Å². The zero-order valence-corrected chi connectivity index (χ0v) is 6.99. The SMILES string of the molecule is C[C@@](N)(CO)c1cccc(N)n1. The Hall–Kier alpha value is -1.13. The van der Waals surface area contributed by atoms with E-state index in [1.54, 1.807) is 25.1 Å². The van der Waals surface area contributed by atoms with E-state index in [0.29, 0.717) is 11.5 Å². The number of nitrogens with two attached hydrogens (primary N) is 2. The molecule has 0 saturated carbocycles. The standard InChI is InChI=1S/C8H13N3O/c1-8(10,5-12)6-3-2-4-7(9)11-6/h2-4,12H,5,10H2,1H3,(H2,9,11)/t8-/m1/s1. The van der Waals surface area contributed by atoms with E-state index in [1.165, 1.54) is 0 Å². The second-order valence-electron chi connectivity index (χ2n) is 3.02. The van der Waals surface area contributed by atoms with E-state index in [9.17, 15) is 0 Å². The van der Waals surface area contributed by atoms with Crippen molar-refractivity contribution in [2.75, 3.05) is 12.3 Å². The van der Waals surface area contributed by atoms with Gasteiger partial charge in [0.2, 0.25) is 0 Å². The molecule has 0 unspecified atom stereocenters. The Balaban J connectivity index is 3.03. The average molecular weight is 167 g/mol. The van der Waals surface area contributed by atoms with Crippen LogP contribution >= 0.6 is 0 Å². The molecule has 1 atom stereocenters. The van der Waals surface area contributed by atoms with E-state index < -0.39 is 5.54 Å². The lowest BCUT2D eigenvalue weighted by Gasteiger charge is -2.20. The summed E-state index contributed by atoms with van der Waals surface area (Å²) in [4.78, 5) is 4.01. The summed E-state index contributed by atoms with van der Waals surface area (Å²) in [5, 5.41) is 8.93. The Morgan fingerprint density at radius 1 is 1.58 bits per heavy atom. The number of aliphatic hydroxyl groups excluding tert-OH is 1. The maximum absolute atomic E-state index is 8.93. The van der Waals surface area contributed by atoms with Crippen LogP contribution < -0.4 is 11.5 Å². The molecule has 0 aliphatic heterocycles. The molecule has 0 aromatic carbocycles. The van der Waals surface area contributed by atoms with Crippen LogP contribution in [0.3, 0.4) is 0 Å². The van der Waals surface area contributed by atoms with Gasteiger partial charge in [-0.1, -0.05) is 6.07 Å². The quantitative estimate of drug-likeness (QED) is 0.571. The van der Waals surface area contributed by atoms with E-state index in [1.807, 2.05) is 0 Å². The number of pyridine rings is 1. The van der Waals surface area contributed by atoms with Gasteiger partial charge >= 0.3 is 0 Å². The van der Waals surface area contributed by atoms with Gasteiger partial charge in [0.25, 0.3) is 0 Å². The Morgan fingerprint density at radius 3 is 2.75 bits per heavy atom. The molecule has 0 saturated heterocycles. The number of rotatable bonds is 2. The molecule has 12 heavy (non-hydrogen) atoms. The Labute approximate surface area is 71.2 Å². The first kappa shape index (κ1) is 8.96. The Kier molecular flexibility index (Phi) is 2.30. The third-order valence-electron chi connectivity index (χ3n) is 1.68. The fourth-order valence-electron chi connectivity index (χ4n) is 0.851. The highest BCUT2D eigenvalue weighted by molar-refractivity contribution is 5.31. The molecule has 4 nitrogen and oxygen atoms in total. The minimum atomic E-state index is -0.810. The molecule has 1 rings (SSSR count). The van der Waals surface area contributed by atoms with Crippen molar-refractivity contribution in [2.24, 2.45) is 5.73 Å². The summed E-state index contributed by atoms with van der Waals surface area (Å²) in [5.74, 6) is 0.414. The first-order valence-electron chi connectivity index (χ1n) is 3.69. The first-order valence-corrected chi connectivity index (χ1v) is 3.69. The lowest BCUT2D eigenvalue weighted by Crippen LogP contribution is -2.37. The topological polar surface area (TPSA) is 85.2 Å². The predicted molar refractivity (Wildman–Crippen MR) is 47.3 cm³/mol. The van der Waals surface area contributed by atoms with Gasteiger partial charge in [-0.25, -0.2) is 4.98 Å². The monoisotopic (exact) mass is 167 g/mol. The molecule has 5 N–H and O–H groups in total. The number of nitrogen functional groups attached to an aromatic ring is 1. The number of nitrogens with zero attached hydrogens (tertiary/aromatic N) is 1. The summed E-state index contributed by atoms with van der Waals surface area (Å²) in [6.07, 6.45) is 0. The van der Waals surface area contributed by atoms with Crippen molar-refractivity contribution in [3.63, 3.8) is 0 Å². The van der Waals surface area contributed by atoms with E-state index >= 15 is 0 Å². The van der Waals surface area contributed by atoms with Gasteiger partial charge in [0, 0.05) is 0 Å². The molecule has 66 valence electrons. The Bertz CT molecular complexity index is 273. The molecule has 0 spiro atoms. The highest BCUT2D eigenvalue weighted by Crippen LogP contribution is 2.14. The van der Waals surface area contributed by atoms with Crippen molar-refractivity contribution in [3.8, 4) is 0 Å². The van der Waals surface area contributed by atoms with Gasteiger partial charge < -0.3 is 16.6 Å². The maximum atomic E-state index is 8.93. The van der Waals surface area contributed by atoms with Crippen LogP contribution in [0.4, 0.5) is 5.82 Å². The molecule has 0 bridgehead atoms. The van der Waals surface area contributed by atoms with Crippen molar-refractivity contribution >= 4 is 5.82 Å². The summed E-state index contributed by atoms with van der Waals surface area (Å²) in [6.45, 7) is 1.55. The van der Waals surface area contributed by atoms with Gasteiger partial charge in [-0.3, -0.25) is 0 Å². The summed E-state index contributed by atoms with van der Waals surface area (Å²) in [5.41, 5.74) is 11.0. The van der Waals surface area contributed by atoms with Crippen LogP contribution in [0.25, 0.3) is 0 Å². The molecular formula is C8H13N3O. The van der Waals surface area contributed by atoms with Crippen molar-refractivity contribution in [1.29, 1.82) is 0 Å². The molecule has 0 fully saturated rings. The molecule has 0 amide bonds. The third-order valence-corrected chi connectivity index (χ3v) is 1.68. The Morgan fingerprint density at radius 2 is 2.25 bits per heavy atom. The van der Waals surface area contributed by atoms with Gasteiger partial charge in [0.1, 0.15) is 5.82 Å². The van der Waals surface area contributed by atoms with Crippen LogP contribution in [0.5, 0.6) is 0 Å². The lowest BCUT2D eigenvalue weighted by atomic mass is 10.0. The summed E-state index contributed by atoms with van der Waals surface area (Å²) >= 11 is 0. The largest absolute Gasteiger partial charge is 0.394 e. The molecule has 4 heteroatoms. The smallest absolute Gasteiger partial charge is 0.123 e. The van der Waals surface area contributed by atoms with Crippen molar-refractivity contribution in [2.45, 2.75) is 12.5 Å². The van der Waals surface area contributed by atoms with Crippen LogP contribution in [0.1, 0.15) is 12.6 Å².